The van der Waals surface area contributed by atoms with Crippen molar-refractivity contribution in [2.45, 2.75) is 89.9 Å². The first-order valence-electron chi connectivity index (χ1n) is 14.8. The minimum absolute atomic E-state index is 0.0702. The van der Waals surface area contributed by atoms with E-state index in [-0.39, 0.29) is 5.78 Å². The Morgan fingerprint density at radius 3 is 1.81 bits per heavy atom. The fourth-order valence-electron chi connectivity index (χ4n) is 6.53. The second-order valence-electron chi connectivity index (χ2n) is 11.2. The van der Waals surface area contributed by atoms with Gasteiger partial charge >= 0.3 is 0 Å². The normalized spacial score (nSPS) is 23.8. The van der Waals surface area contributed by atoms with Gasteiger partial charge in [-0.15, -0.1) is 0 Å². The molecule has 37 heavy (non-hydrogen) atoms. The van der Waals surface area contributed by atoms with E-state index in [0.29, 0.717) is 18.8 Å². The lowest BCUT2D eigenvalue weighted by molar-refractivity contribution is 0.104. The molecule has 2 fully saturated rings. The molecule has 0 radical (unpaired) electrons. The Morgan fingerprint density at radius 1 is 0.784 bits per heavy atom. The molecule has 3 heteroatoms. The van der Waals surface area contributed by atoms with Gasteiger partial charge in [0.25, 0.3) is 0 Å². The van der Waals surface area contributed by atoms with Crippen LogP contribution in [-0.2, 0) is 0 Å². The Labute approximate surface area is 224 Å². The summed E-state index contributed by atoms with van der Waals surface area (Å²) in [7, 11) is 0. The summed E-state index contributed by atoms with van der Waals surface area (Å²) in [6.07, 6.45) is 17.5. The van der Waals surface area contributed by atoms with Gasteiger partial charge in [-0.2, -0.15) is 0 Å². The third kappa shape index (κ3) is 8.22. The van der Waals surface area contributed by atoms with Gasteiger partial charge in [-0.05, 0) is 123 Å². The zero-order valence-corrected chi connectivity index (χ0v) is 22.8. The number of benzene rings is 2. The summed E-state index contributed by atoms with van der Waals surface area (Å²) < 4.78 is 11.8. The van der Waals surface area contributed by atoms with E-state index in [9.17, 15) is 4.79 Å². The van der Waals surface area contributed by atoms with Crippen LogP contribution in [0.15, 0.2) is 61.2 Å². The molecule has 0 aromatic heterocycles. The van der Waals surface area contributed by atoms with Crippen LogP contribution in [0.5, 0.6) is 11.5 Å². The van der Waals surface area contributed by atoms with Gasteiger partial charge in [0.2, 0.25) is 0 Å². The molecule has 0 saturated heterocycles. The molecule has 2 aromatic carbocycles. The maximum absolute atomic E-state index is 11.6. The standard InChI is InChI=1S/C34H46O3/c1-3-7-26-8-10-27(11-9-26)28-12-14-29(15-13-28)30-16-20-32(21-17-30)36-24-5-6-25-37-33-22-18-31(19-23-33)34(35)4-2/h4,16-23,26-29H,2-3,5-15,24-25H2,1H3. The number of ketones is 1. The van der Waals surface area contributed by atoms with Gasteiger partial charge in [-0.3, -0.25) is 4.79 Å². The molecule has 0 bridgehead atoms. The molecule has 2 aliphatic rings. The van der Waals surface area contributed by atoms with E-state index in [0.717, 1.165) is 48.0 Å². The molecular formula is C34H46O3. The fraction of sp³-hybridized carbons (Fsp3) is 0.559. The van der Waals surface area contributed by atoms with Crippen LogP contribution in [-0.4, -0.2) is 19.0 Å². The zero-order chi connectivity index (χ0) is 25.9. The van der Waals surface area contributed by atoms with Crippen LogP contribution >= 0.6 is 0 Å². The average Bonchev–Trinajstić information content (AvgIpc) is 2.96. The van der Waals surface area contributed by atoms with Crippen LogP contribution in [0.4, 0.5) is 0 Å². The molecule has 0 spiro atoms. The maximum atomic E-state index is 11.6. The average molecular weight is 503 g/mol. The molecule has 2 saturated carbocycles. The Hall–Kier alpha value is -2.55. The Kier molecular flexibility index (Phi) is 10.7. The highest BCUT2D eigenvalue weighted by Crippen LogP contribution is 2.44. The molecule has 0 N–H and O–H groups in total. The van der Waals surface area contributed by atoms with Gasteiger partial charge in [0, 0.05) is 5.56 Å². The first-order valence-corrected chi connectivity index (χ1v) is 14.8. The SMILES string of the molecule is C=CC(=O)c1ccc(OCCCCOc2ccc(C3CCC(C4CCC(CCC)CC4)CC3)cc2)cc1. The summed E-state index contributed by atoms with van der Waals surface area (Å²) in [5, 5.41) is 0. The molecule has 2 aliphatic carbocycles. The molecule has 0 heterocycles. The molecule has 0 atom stereocenters. The largest absolute Gasteiger partial charge is 0.494 e. The minimum Gasteiger partial charge on any atom is -0.494 e. The summed E-state index contributed by atoms with van der Waals surface area (Å²) in [6, 6.07) is 16.1. The van der Waals surface area contributed by atoms with Crippen molar-refractivity contribution in [1.82, 2.24) is 0 Å². The quantitative estimate of drug-likeness (QED) is 0.156. The molecule has 200 valence electrons. The summed E-state index contributed by atoms with van der Waals surface area (Å²) in [5.41, 5.74) is 2.13. The smallest absolute Gasteiger partial charge is 0.185 e. The van der Waals surface area contributed by atoms with E-state index in [4.69, 9.17) is 9.47 Å². The Morgan fingerprint density at radius 2 is 1.30 bits per heavy atom. The van der Waals surface area contributed by atoms with Crippen molar-refractivity contribution >= 4 is 5.78 Å². The summed E-state index contributed by atoms with van der Waals surface area (Å²) in [6.45, 7) is 7.19. The van der Waals surface area contributed by atoms with Crippen LogP contribution in [0.25, 0.3) is 0 Å². The molecule has 3 nitrogen and oxygen atoms in total. The number of carbonyl (C=O) groups is 1. The predicted molar refractivity (Wildman–Crippen MR) is 153 cm³/mol. The van der Waals surface area contributed by atoms with Crippen LogP contribution in [0, 0.1) is 17.8 Å². The topological polar surface area (TPSA) is 35.5 Å². The number of hydrogen-bond donors (Lipinski definition) is 0. The first-order chi connectivity index (χ1) is 18.2. The van der Waals surface area contributed by atoms with Crippen molar-refractivity contribution in [3.63, 3.8) is 0 Å². The maximum Gasteiger partial charge on any atom is 0.185 e. The number of rotatable bonds is 13. The summed E-state index contributed by atoms with van der Waals surface area (Å²) in [5.74, 6) is 5.40. The molecule has 0 unspecified atom stereocenters. The zero-order valence-electron chi connectivity index (χ0n) is 22.8. The molecule has 4 rings (SSSR count). The highest BCUT2D eigenvalue weighted by molar-refractivity contribution is 6.04. The lowest BCUT2D eigenvalue weighted by atomic mass is 9.68. The van der Waals surface area contributed by atoms with Crippen LogP contribution in [0.3, 0.4) is 0 Å². The van der Waals surface area contributed by atoms with Gasteiger partial charge in [-0.25, -0.2) is 0 Å². The van der Waals surface area contributed by atoms with Crippen LogP contribution in [0.1, 0.15) is 106 Å². The second-order valence-corrected chi connectivity index (χ2v) is 11.2. The van der Waals surface area contributed by atoms with E-state index in [1.54, 1.807) is 12.1 Å². The van der Waals surface area contributed by atoms with Gasteiger partial charge in [0.15, 0.2) is 5.78 Å². The van der Waals surface area contributed by atoms with Crippen molar-refractivity contribution in [3.05, 3.63) is 72.3 Å². The molecule has 2 aromatic rings. The van der Waals surface area contributed by atoms with Gasteiger partial charge in [0.1, 0.15) is 11.5 Å². The monoisotopic (exact) mass is 502 g/mol. The first kappa shape index (κ1) is 27.5. The highest BCUT2D eigenvalue weighted by atomic mass is 16.5. The predicted octanol–water partition coefficient (Wildman–Crippen LogP) is 9.17. The minimum atomic E-state index is -0.0702. The van der Waals surface area contributed by atoms with E-state index < -0.39 is 0 Å². The van der Waals surface area contributed by atoms with Crippen molar-refractivity contribution in [2.75, 3.05) is 13.2 Å². The Balaban J connectivity index is 1.09. The summed E-state index contributed by atoms with van der Waals surface area (Å²) >= 11 is 0. The second kappa shape index (κ2) is 14.4. The number of hydrogen-bond acceptors (Lipinski definition) is 3. The van der Waals surface area contributed by atoms with Gasteiger partial charge in [-0.1, -0.05) is 51.3 Å². The lowest BCUT2D eigenvalue weighted by Gasteiger charge is -2.38. The number of ether oxygens (including phenoxy) is 2. The molecular weight excluding hydrogens is 456 g/mol. The van der Waals surface area contributed by atoms with Crippen molar-refractivity contribution in [1.29, 1.82) is 0 Å². The van der Waals surface area contributed by atoms with Gasteiger partial charge in [0.05, 0.1) is 13.2 Å². The third-order valence-electron chi connectivity index (χ3n) is 8.78. The number of carbonyl (C=O) groups excluding carboxylic acids is 1. The fourth-order valence-corrected chi connectivity index (χ4v) is 6.53. The van der Waals surface area contributed by atoms with E-state index in [2.05, 4.69) is 37.8 Å². The molecule has 0 aliphatic heterocycles. The van der Waals surface area contributed by atoms with Crippen molar-refractivity contribution < 1.29 is 14.3 Å². The van der Waals surface area contributed by atoms with Crippen molar-refractivity contribution in [2.24, 2.45) is 17.8 Å². The summed E-state index contributed by atoms with van der Waals surface area (Å²) in [4.78, 5) is 11.6. The van der Waals surface area contributed by atoms with Crippen LogP contribution < -0.4 is 9.47 Å². The molecule has 0 amide bonds. The van der Waals surface area contributed by atoms with Crippen molar-refractivity contribution in [3.8, 4) is 11.5 Å². The lowest BCUT2D eigenvalue weighted by Crippen LogP contribution is -2.25. The highest BCUT2D eigenvalue weighted by Gasteiger charge is 2.31. The number of unbranched alkanes of at least 4 members (excludes halogenated alkanes) is 1. The number of allylic oxidation sites excluding steroid dienone is 1. The third-order valence-corrected chi connectivity index (χ3v) is 8.78. The van der Waals surface area contributed by atoms with Crippen LogP contribution in [0.2, 0.25) is 0 Å². The van der Waals surface area contributed by atoms with E-state index in [1.165, 1.54) is 75.8 Å². The van der Waals surface area contributed by atoms with E-state index in [1.807, 2.05) is 12.1 Å². The van der Waals surface area contributed by atoms with Gasteiger partial charge < -0.3 is 9.47 Å². The Bertz CT molecular complexity index is 946. The van der Waals surface area contributed by atoms with E-state index >= 15 is 0 Å².